The highest BCUT2D eigenvalue weighted by atomic mass is 35.5. The zero-order valence-electron chi connectivity index (χ0n) is 20.9. The molecule has 0 unspecified atom stereocenters. The minimum atomic E-state index is -4.87. The molecule has 15 heteroatoms. The highest BCUT2D eigenvalue weighted by Gasteiger charge is 2.35. The summed E-state index contributed by atoms with van der Waals surface area (Å²) in [4.78, 5) is 14.0. The molecule has 0 radical (unpaired) electrons. The van der Waals surface area contributed by atoms with Crippen LogP contribution in [0.3, 0.4) is 0 Å². The van der Waals surface area contributed by atoms with Crippen molar-refractivity contribution in [1.29, 1.82) is 0 Å². The SMILES string of the molecule is Cl.N[C@H]1CC[C@H](Nc2nccc(-c3scnc3Oc3ccc(NS(=O)(=O)CC(F)(F)F)c4ccccc34)n2)CC1. The van der Waals surface area contributed by atoms with Crippen LogP contribution in [-0.2, 0) is 10.0 Å². The van der Waals surface area contributed by atoms with Gasteiger partial charge in [0.05, 0.1) is 16.9 Å². The van der Waals surface area contributed by atoms with Crippen molar-refractivity contribution < 1.29 is 26.3 Å². The average molecular weight is 615 g/mol. The molecule has 1 aliphatic rings. The molecule has 4 N–H and O–H groups in total. The zero-order valence-corrected chi connectivity index (χ0v) is 23.3. The lowest BCUT2D eigenvalue weighted by Crippen LogP contribution is -2.33. The van der Waals surface area contributed by atoms with E-state index in [1.807, 2.05) is 4.72 Å². The first-order chi connectivity index (χ1) is 18.6. The normalized spacial score (nSPS) is 17.7. The number of anilines is 2. The number of halogens is 4. The van der Waals surface area contributed by atoms with E-state index in [1.54, 1.807) is 42.0 Å². The smallest absolute Gasteiger partial charge is 0.404 e. The van der Waals surface area contributed by atoms with Crippen LogP contribution >= 0.6 is 23.7 Å². The Bertz CT molecular complexity index is 1580. The molecule has 4 aromatic rings. The molecule has 2 aromatic heterocycles. The van der Waals surface area contributed by atoms with Gasteiger partial charge in [-0.15, -0.1) is 23.7 Å². The molecule has 5 rings (SSSR count). The Labute approximate surface area is 238 Å². The van der Waals surface area contributed by atoms with Crippen LogP contribution in [0.15, 0.2) is 54.2 Å². The number of hydrogen-bond donors (Lipinski definition) is 3. The van der Waals surface area contributed by atoms with Gasteiger partial charge in [-0.25, -0.2) is 23.4 Å². The number of alkyl halides is 3. The first-order valence-electron chi connectivity index (χ1n) is 12.1. The number of nitrogens with zero attached hydrogens (tertiary/aromatic N) is 3. The molecule has 0 bridgehead atoms. The lowest BCUT2D eigenvalue weighted by atomic mass is 9.92. The topological polar surface area (TPSA) is 132 Å². The van der Waals surface area contributed by atoms with Crippen LogP contribution in [0.4, 0.5) is 24.8 Å². The highest BCUT2D eigenvalue weighted by molar-refractivity contribution is 7.92. The third-order valence-corrected chi connectivity index (χ3v) is 8.31. The predicted molar refractivity (Wildman–Crippen MR) is 152 cm³/mol. The van der Waals surface area contributed by atoms with Crippen LogP contribution in [0, 0.1) is 0 Å². The molecule has 214 valence electrons. The molecular weight excluding hydrogens is 589 g/mol. The Hall–Kier alpha value is -3.20. The number of aromatic nitrogens is 3. The standard InChI is InChI=1S/C25H25F3N6O3S2.ClH/c26-25(27,28)13-39(35,36)34-19-9-10-21(18-4-2-1-3-17(18)19)37-23-22(38-14-31-23)20-11-12-30-24(33-20)32-16-7-5-15(29)6-8-16;/h1-4,9-12,14-16,34H,5-8,13,29H2,(H,30,32,33);1H/t15-,16-;. The molecular formula is C25H26ClF3N6O3S2. The van der Waals surface area contributed by atoms with Crippen LogP contribution in [0.25, 0.3) is 21.3 Å². The Morgan fingerprint density at radius 3 is 2.48 bits per heavy atom. The number of thiazole rings is 1. The van der Waals surface area contributed by atoms with Gasteiger partial charge in [0, 0.05) is 29.1 Å². The highest BCUT2D eigenvalue weighted by Crippen LogP contribution is 2.39. The second-order valence-electron chi connectivity index (χ2n) is 9.24. The summed E-state index contributed by atoms with van der Waals surface area (Å²) < 4.78 is 70.5. The van der Waals surface area contributed by atoms with Crippen molar-refractivity contribution in [3.05, 3.63) is 54.2 Å². The van der Waals surface area contributed by atoms with Crippen LogP contribution in [0.5, 0.6) is 11.6 Å². The van der Waals surface area contributed by atoms with Gasteiger partial charge in [0.2, 0.25) is 21.9 Å². The third kappa shape index (κ3) is 7.30. The van der Waals surface area contributed by atoms with Gasteiger partial charge >= 0.3 is 6.18 Å². The van der Waals surface area contributed by atoms with Gasteiger partial charge in [-0.05, 0) is 43.9 Å². The molecule has 0 saturated heterocycles. The molecule has 1 saturated carbocycles. The number of rotatable bonds is 8. The minimum Gasteiger partial charge on any atom is -0.437 e. The summed E-state index contributed by atoms with van der Waals surface area (Å²) in [7, 11) is -4.66. The third-order valence-electron chi connectivity index (χ3n) is 6.24. The zero-order chi connectivity index (χ0) is 27.6. The molecule has 9 nitrogen and oxygen atoms in total. The van der Waals surface area contributed by atoms with Crippen molar-refractivity contribution in [2.75, 3.05) is 15.8 Å². The number of fused-ring (bicyclic) bond motifs is 1. The Balaban J connectivity index is 0.00000370. The molecule has 0 amide bonds. The lowest BCUT2D eigenvalue weighted by Gasteiger charge is -2.26. The van der Waals surface area contributed by atoms with Crippen LogP contribution in [0.2, 0.25) is 0 Å². The molecule has 0 atom stereocenters. The van der Waals surface area contributed by atoms with E-state index in [-0.39, 0.29) is 36.1 Å². The minimum absolute atomic E-state index is 0. The Kier molecular flexibility index (Phi) is 9.02. The summed E-state index contributed by atoms with van der Waals surface area (Å²) in [5.74, 6) is -0.863. The summed E-state index contributed by atoms with van der Waals surface area (Å²) in [6.45, 7) is 0. The molecule has 1 aliphatic carbocycles. The number of benzene rings is 2. The van der Waals surface area contributed by atoms with E-state index in [4.69, 9.17) is 10.5 Å². The van der Waals surface area contributed by atoms with Crippen molar-refractivity contribution in [2.45, 2.75) is 43.9 Å². The van der Waals surface area contributed by atoms with E-state index in [9.17, 15) is 21.6 Å². The van der Waals surface area contributed by atoms with Gasteiger partial charge in [0.25, 0.3) is 0 Å². The fourth-order valence-electron chi connectivity index (χ4n) is 4.45. The number of ether oxygens (including phenoxy) is 1. The summed E-state index contributed by atoms with van der Waals surface area (Å²) in [5.41, 5.74) is 8.24. The molecule has 1 fully saturated rings. The first-order valence-corrected chi connectivity index (χ1v) is 14.7. The summed E-state index contributed by atoms with van der Waals surface area (Å²) >= 11 is 1.33. The van der Waals surface area contributed by atoms with E-state index < -0.39 is 22.0 Å². The maximum absolute atomic E-state index is 12.7. The second-order valence-corrected chi connectivity index (χ2v) is 11.8. The number of nitrogens with one attached hydrogen (secondary N) is 2. The molecule has 0 aliphatic heterocycles. The molecule has 2 heterocycles. The first kappa shape index (κ1) is 29.8. The van der Waals surface area contributed by atoms with E-state index in [0.29, 0.717) is 33.0 Å². The van der Waals surface area contributed by atoms with Crippen LogP contribution in [0.1, 0.15) is 25.7 Å². The van der Waals surface area contributed by atoms with Gasteiger partial charge in [0.15, 0.2) is 5.75 Å². The van der Waals surface area contributed by atoms with E-state index in [1.165, 1.54) is 23.5 Å². The van der Waals surface area contributed by atoms with Crippen molar-refractivity contribution in [2.24, 2.45) is 5.73 Å². The summed E-state index contributed by atoms with van der Waals surface area (Å²) in [5, 5.41) is 4.24. The molecule has 0 spiro atoms. The largest absolute Gasteiger partial charge is 0.437 e. The fourth-order valence-corrected chi connectivity index (χ4v) is 6.15. The van der Waals surface area contributed by atoms with Gasteiger partial charge in [-0.1, -0.05) is 24.3 Å². The van der Waals surface area contributed by atoms with Crippen molar-refractivity contribution in [3.8, 4) is 22.2 Å². The molecule has 40 heavy (non-hydrogen) atoms. The Morgan fingerprint density at radius 1 is 1.02 bits per heavy atom. The average Bonchev–Trinajstić information content (AvgIpc) is 3.34. The van der Waals surface area contributed by atoms with E-state index in [0.717, 1.165) is 25.7 Å². The van der Waals surface area contributed by atoms with Crippen molar-refractivity contribution >= 4 is 56.2 Å². The lowest BCUT2D eigenvalue weighted by molar-refractivity contribution is -0.106. The predicted octanol–water partition coefficient (Wildman–Crippen LogP) is 5.95. The number of nitrogens with two attached hydrogens (primary N) is 1. The Morgan fingerprint density at radius 2 is 1.75 bits per heavy atom. The second kappa shape index (κ2) is 12.1. The van der Waals surface area contributed by atoms with Crippen molar-refractivity contribution in [1.82, 2.24) is 15.0 Å². The number of sulfonamides is 1. The van der Waals surface area contributed by atoms with Crippen molar-refractivity contribution in [3.63, 3.8) is 0 Å². The quantitative estimate of drug-likeness (QED) is 0.222. The van der Waals surface area contributed by atoms with Gasteiger partial charge < -0.3 is 15.8 Å². The van der Waals surface area contributed by atoms with E-state index >= 15 is 0 Å². The maximum Gasteiger partial charge on any atom is 0.404 e. The van der Waals surface area contributed by atoms with Gasteiger partial charge in [0.1, 0.15) is 10.6 Å². The van der Waals surface area contributed by atoms with Gasteiger partial charge in [-0.3, -0.25) is 4.72 Å². The summed E-state index contributed by atoms with van der Waals surface area (Å²) in [6, 6.07) is 11.7. The summed E-state index contributed by atoms with van der Waals surface area (Å²) in [6.07, 6.45) is 0.561. The number of hydrogen-bond acceptors (Lipinski definition) is 9. The fraction of sp³-hybridized carbons (Fsp3) is 0.320. The maximum atomic E-state index is 12.7. The van der Waals surface area contributed by atoms with Crippen LogP contribution < -0.4 is 20.5 Å². The van der Waals surface area contributed by atoms with E-state index in [2.05, 4.69) is 20.3 Å². The van der Waals surface area contributed by atoms with Gasteiger partial charge in [-0.2, -0.15) is 13.2 Å². The molecule has 2 aromatic carbocycles. The monoisotopic (exact) mass is 614 g/mol. The van der Waals surface area contributed by atoms with Crippen LogP contribution in [-0.4, -0.2) is 47.4 Å².